The van der Waals surface area contributed by atoms with Crippen LogP contribution in [-0.4, -0.2) is 0 Å². The fourth-order valence-electron chi connectivity index (χ4n) is 1.13. The molecule has 60 valence electrons. The van der Waals surface area contributed by atoms with Gasteiger partial charge in [-0.1, -0.05) is 29.9 Å². The molecule has 0 fully saturated rings. The van der Waals surface area contributed by atoms with Crippen LogP contribution in [0.4, 0.5) is 0 Å². The first-order valence-corrected chi connectivity index (χ1v) is 3.82. The van der Waals surface area contributed by atoms with Crippen LogP contribution in [0, 0.1) is 5.92 Å². The van der Waals surface area contributed by atoms with E-state index < -0.39 is 0 Å². The molecule has 0 aliphatic heterocycles. The molecular formula is C10H13O-. The van der Waals surface area contributed by atoms with Gasteiger partial charge in [0, 0.05) is 5.92 Å². The molecule has 0 heterocycles. The zero-order chi connectivity index (χ0) is 8.43. The lowest BCUT2D eigenvalue weighted by Gasteiger charge is -2.23. The third-order valence-corrected chi connectivity index (χ3v) is 2.05. The van der Waals surface area contributed by atoms with Crippen LogP contribution in [0.2, 0.25) is 0 Å². The lowest BCUT2D eigenvalue weighted by molar-refractivity contribution is -0.298. The number of hydrogen-bond donors (Lipinski definition) is 0. The van der Waals surface area contributed by atoms with E-state index in [1.807, 2.05) is 19.9 Å². The molecule has 1 rings (SSSR count). The predicted molar refractivity (Wildman–Crippen MR) is 44.8 cm³/mol. The van der Waals surface area contributed by atoms with Crippen molar-refractivity contribution in [1.82, 2.24) is 0 Å². The van der Waals surface area contributed by atoms with Crippen LogP contribution in [0.15, 0.2) is 35.6 Å². The summed E-state index contributed by atoms with van der Waals surface area (Å²) in [6, 6.07) is 0. The minimum atomic E-state index is 0.157. The zero-order valence-corrected chi connectivity index (χ0v) is 7.05. The van der Waals surface area contributed by atoms with Gasteiger partial charge in [-0.05, 0) is 20.3 Å². The van der Waals surface area contributed by atoms with Crippen LogP contribution in [0.1, 0.15) is 20.3 Å². The van der Waals surface area contributed by atoms with Crippen molar-refractivity contribution in [2.45, 2.75) is 20.3 Å². The molecule has 11 heavy (non-hydrogen) atoms. The fraction of sp³-hybridized carbons (Fsp3) is 0.400. The van der Waals surface area contributed by atoms with Crippen molar-refractivity contribution in [2.24, 2.45) is 5.92 Å². The second-order valence-electron chi connectivity index (χ2n) is 3.11. The number of rotatable bonds is 1. The Bertz CT molecular complexity index is 233. The average molecular weight is 149 g/mol. The highest BCUT2D eigenvalue weighted by Crippen LogP contribution is 2.23. The minimum absolute atomic E-state index is 0.157. The van der Waals surface area contributed by atoms with Crippen molar-refractivity contribution in [2.75, 3.05) is 0 Å². The average Bonchev–Trinajstić information content (AvgIpc) is 1.94. The van der Waals surface area contributed by atoms with Gasteiger partial charge >= 0.3 is 0 Å². The van der Waals surface area contributed by atoms with E-state index in [1.54, 1.807) is 6.08 Å². The van der Waals surface area contributed by atoms with E-state index in [1.165, 1.54) is 0 Å². The van der Waals surface area contributed by atoms with Gasteiger partial charge in [0.1, 0.15) is 0 Å². The van der Waals surface area contributed by atoms with Crippen LogP contribution in [-0.2, 0) is 0 Å². The van der Waals surface area contributed by atoms with E-state index in [2.05, 4.69) is 6.58 Å². The molecule has 1 aliphatic rings. The first kappa shape index (κ1) is 8.12. The largest absolute Gasteiger partial charge is 0.872 e. The summed E-state index contributed by atoms with van der Waals surface area (Å²) in [5, 5.41) is 11.1. The lowest BCUT2D eigenvalue weighted by Crippen LogP contribution is -2.12. The molecule has 0 unspecified atom stereocenters. The lowest BCUT2D eigenvalue weighted by atomic mass is 9.91. The fourth-order valence-corrected chi connectivity index (χ4v) is 1.13. The predicted octanol–water partition coefficient (Wildman–Crippen LogP) is 1.77. The molecule has 0 N–H and O–H groups in total. The van der Waals surface area contributed by atoms with Gasteiger partial charge in [-0.3, -0.25) is 0 Å². The van der Waals surface area contributed by atoms with Gasteiger partial charge in [0.2, 0.25) is 0 Å². The molecule has 1 atom stereocenters. The standard InChI is InChI=1S/C10H14O/c1-7(2)9-5-4-8(3)10(11)6-9/h4,6,9,11H,1,5H2,2-3H3/p-1/t9-/m1/s1. The molecule has 0 amide bonds. The monoisotopic (exact) mass is 149 g/mol. The van der Waals surface area contributed by atoms with Crippen molar-refractivity contribution < 1.29 is 5.11 Å². The Balaban J connectivity index is 2.77. The van der Waals surface area contributed by atoms with Gasteiger partial charge in [-0.25, -0.2) is 0 Å². The first-order chi connectivity index (χ1) is 5.11. The number of hydrogen-bond acceptors (Lipinski definition) is 1. The van der Waals surface area contributed by atoms with E-state index in [9.17, 15) is 5.11 Å². The van der Waals surface area contributed by atoms with Gasteiger partial charge in [0.25, 0.3) is 0 Å². The summed E-state index contributed by atoms with van der Waals surface area (Å²) in [5.74, 6) is 0.426. The summed E-state index contributed by atoms with van der Waals surface area (Å²) in [4.78, 5) is 0. The molecule has 0 aromatic carbocycles. The molecule has 0 bridgehead atoms. The Kier molecular flexibility index (Phi) is 2.18. The van der Waals surface area contributed by atoms with E-state index in [0.29, 0.717) is 0 Å². The maximum Gasteiger partial charge on any atom is 0.000321 e. The maximum atomic E-state index is 11.1. The summed E-state index contributed by atoms with van der Waals surface area (Å²) >= 11 is 0. The Labute approximate surface area is 67.7 Å². The zero-order valence-electron chi connectivity index (χ0n) is 7.05. The van der Waals surface area contributed by atoms with Crippen LogP contribution in [0.3, 0.4) is 0 Å². The van der Waals surface area contributed by atoms with E-state index >= 15 is 0 Å². The van der Waals surface area contributed by atoms with Gasteiger partial charge in [-0.15, -0.1) is 5.76 Å². The SMILES string of the molecule is C=C(C)[C@H]1C=C([O-])C(C)=CC1. The summed E-state index contributed by atoms with van der Waals surface area (Å²) in [6.45, 7) is 7.64. The van der Waals surface area contributed by atoms with Crippen molar-refractivity contribution in [3.8, 4) is 0 Å². The smallest absolute Gasteiger partial charge is 0.000321 e. The molecule has 0 saturated heterocycles. The highest BCUT2D eigenvalue weighted by molar-refractivity contribution is 5.29. The molecule has 1 aliphatic carbocycles. The van der Waals surface area contributed by atoms with Gasteiger partial charge in [0.15, 0.2) is 0 Å². The highest BCUT2D eigenvalue weighted by Gasteiger charge is 2.07. The topological polar surface area (TPSA) is 23.1 Å². The second kappa shape index (κ2) is 2.95. The molecule has 0 spiro atoms. The molecule has 1 heteroatoms. The van der Waals surface area contributed by atoms with Crippen molar-refractivity contribution in [1.29, 1.82) is 0 Å². The minimum Gasteiger partial charge on any atom is -0.872 e. The summed E-state index contributed by atoms with van der Waals surface area (Å²) in [7, 11) is 0. The molecule has 0 saturated carbocycles. The quantitative estimate of drug-likeness (QED) is 0.521. The van der Waals surface area contributed by atoms with Crippen LogP contribution < -0.4 is 5.11 Å². The van der Waals surface area contributed by atoms with E-state index in [0.717, 1.165) is 17.6 Å². The third-order valence-electron chi connectivity index (χ3n) is 2.05. The summed E-state index contributed by atoms with van der Waals surface area (Å²) in [6.07, 6.45) is 4.69. The molecule has 1 nitrogen and oxygen atoms in total. The molecule has 0 aromatic rings. The number of allylic oxidation sites excluding steroid dienone is 4. The van der Waals surface area contributed by atoms with Crippen LogP contribution >= 0.6 is 0 Å². The Morgan fingerprint density at radius 2 is 2.36 bits per heavy atom. The summed E-state index contributed by atoms with van der Waals surface area (Å²) < 4.78 is 0. The first-order valence-electron chi connectivity index (χ1n) is 3.82. The van der Waals surface area contributed by atoms with Crippen molar-refractivity contribution in [3.05, 3.63) is 35.6 Å². The van der Waals surface area contributed by atoms with E-state index in [-0.39, 0.29) is 11.7 Å². The Morgan fingerprint density at radius 3 is 2.82 bits per heavy atom. The van der Waals surface area contributed by atoms with Crippen molar-refractivity contribution in [3.63, 3.8) is 0 Å². The Morgan fingerprint density at radius 1 is 1.73 bits per heavy atom. The maximum absolute atomic E-state index is 11.1. The Hall–Kier alpha value is -0.980. The summed E-state index contributed by atoms with van der Waals surface area (Å²) in [5.41, 5.74) is 1.93. The van der Waals surface area contributed by atoms with Crippen LogP contribution in [0.5, 0.6) is 0 Å². The van der Waals surface area contributed by atoms with Crippen molar-refractivity contribution >= 4 is 0 Å². The van der Waals surface area contributed by atoms with Gasteiger partial charge in [-0.2, -0.15) is 0 Å². The molecule has 0 aromatic heterocycles. The van der Waals surface area contributed by atoms with E-state index in [4.69, 9.17) is 0 Å². The van der Waals surface area contributed by atoms with Gasteiger partial charge in [0.05, 0.1) is 0 Å². The molecular weight excluding hydrogens is 136 g/mol. The van der Waals surface area contributed by atoms with Gasteiger partial charge < -0.3 is 5.11 Å². The third kappa shape index (κ3) is 1.73. The highest BCUT2D eigenvalue weighted by atomic mass is 16.3. The second-order valence-corrected chi connectivity index (χ2v) is 3.11. The normalized spacial score (nSPS) is 24.0. The molecule has 0 radical (unpaired) electrons. The van der Waals surface area contributed by atoms with Crippen LogP contribution in [0.25, 0.3) is 0 Å².